The smallest absolute Gasteiger partial charge is 0.247 e. The number of benzene rings is 2. The van der Waals surface area contributed by atoms with E-state index in [2.05, 4.69) is 0 Å². The molecule has 0 aliphatic heterocycles. The molecule has 1 aliphatic carbocycles. The van der Waals surface area contributed by atoms with Gasteiger partial charge in [-0.2, -0.15) is 5.10 Å². The molecule has 0 saturated carbocycles. The molecule has 0 amide bonds. The molecule has 152 valence electrons. The van der Waals surface area contributed by atoms with Crippen molar-refractivity contribution in [1.82, 2.24) is 14.8 Å². The van der Waals surface area contributed by atoms with Crippen LogP contribution in [-0.4, -0.2) is 14.8 Å². The van der Waals surface area contributed by atoms with Gasteiger partial charge in [0.15, 0.2) is 5.69 Å². The number of hydrogen-bond acceptors (Lipinski definition) is 3. The van der Waals surface area contributed by atoms with Gasteiger partial charge >= 0.3 is 0 Å². The molecule has 2 heterocycles. The first-order valence-corrected chi connectivity index (χ1v) is 10.9. The first-order chi connectivity index (χ1) is 14.5. The lowest BCUT2D eigenvalue weighted by atomic mass is 10.0. The van der Waals surface area contributed by atoms with Crippen LogP contribution in [0.5, 0.6) is 0 Å². The van der Waals surface area contributed by atoms with Crippen LogP contribution in [0.15, 0.2) is 46.9 Å². The summed E-state index contributed by atoms with van der Waals surface area (Å²) >= 11 is 18.8. The largest absolute Gasteiger partial charge is 0.440 e. The van der Waals surface area contributed by atoms with Crippen molar-refractivity contribution in [2.45, 2.75) is 32.6 Å². The minimum atomic E-state index is 0.512. The fraction of sp³-hybridized carbons (Fsp3) is 0.217. The van der Waals surface area contributed by atoms with Gasteiger partial charge in [-0.25, -0.2) is 9.67 Å². The molecule has 0 N–H and O–H groups in total. The minimum absolute atomic E-state index is 0.512. The van der Waals surface area contributed by atoms with Gasteiger partial charge in [0.1, 0.15) is 5.76 Å². The van der Waals surface area contributed by atoms with Crippen LogP contribution in [0, 0.1) is 6.92 Å². The average Bonchev–Trinajstić information content (AvgIpc) is 3.30. The maximum absolute atomic E-state index is 6.53. The first kappa shape index (κ1) is 19.7. The fourth-order valence-corrected chi connectivity index (χ4v) is 4.54. The van der Waals surface area contributed by atoms with E-state index in [1.54, 1.807) is 12.1 Å². The molecular weight excluding hydrogens is 441 g/mol. The Labute approximate surface area is 189 Å². The van der Waals surface area contributed by atoms with Gasteiger partial charge in [0.2, 0.25) is 5.89 Å². The Bertz CT molecular complexity index is 1220. The van der Waals surface area contributed by atoms with Crippen LogP contribution < -0.4 is 0 Å². The number of nitrogens with zero attached hydrogens (tertiary/aromatic N) is 3. The van der Waals surface area contributed by atoms with E-state index in [1.807, 2.05) is 41.9 Å². The van der Waals surface area contributed by atoms with E-state index in [4.69, 9.17) is 49.3 Å². The van der Waals surface area contributed by atoms with Gasteiger partial charge in [-0.05, 0) is 56.5 Å². The quantitative estimate of drug-likeness (QED) is 0.322. The Morgan fingerprint density at radius 1 is 0.933 bits per heavy atom. The molecule has 0 bridgehead atoms. The Hall–Kier alpha value is -2.27. The zero-order chi connectivity index (χ0) is 20.8. The monoisotopic (exact) mass is 457 g/mol. The predicted molar refractivity (Wildman–Crippen MR) is 121 cm³/mol. The second-order valence-corrected chi connectivity index (χ2v) is 8.71. The van der Waals surface area contributed by atoms with E-state index in [0.717, 1.165) is 59.6 Å². The number of aromatic nitrogens is 3. The second kappa shape index (κ2) is 7.77. The molecule has 4 aromatic rings. The van der Waals surface area contributed by atoms with Gasteiger partial charge in [0.25, 0.3) is 0 Å². The number of hydrogen-bond donors (Lipinski definition) is 0. The third kappa shape index (κ3) is 3.43. The normalized spacial score (nSPS) is 13.5. The molecule has 7 heteroatoms. The van der Waals surface area contributed by atoms with Crippen molar-refractivity contribution < 1.29 is 4.42 Å². The van der Waals surface area contributed by atoms with Crippen molar-refractivity contribution in [3.63, 3.8) is 0 Å². The lowest BCUT2D eigenvalue weighted by Crippen LogP contribution is -2.00. The van der Waals surface area contributed by atoms with E-state index in [-0.39, 0.29) is 0 Å². The van der Waals surface area contributed by atoms with Gasteiger partial charge in [0.05, 0.1) is 22.1 Å². The van der Waals surface area contributed by atoms with Crippen LogP contribution in [0.3, 0.4) is 0 Å². The first-order valence-electron chi connectivity index (χ1n) is 9.81. The number of oxazole rings is 1. The molecule has 0 unspecified atom stereocenters. The maximum Gasteiger partial charge on any atom is 0.247 e. The SMILES string of the molecule is Cc1c(-c2nc3c(o2)CCCC3)nn(-c2ccc(Cl)cc2Cl)c1-c1ccc(Cl)cc1. The molecule has 1 aliphatic rings. The van der Waals surface area contributed by atoms with Crippen LogP contribution >= 0.6 is 34.8 Å². The zero-order valence-corrected chi connectivity index (χ0v) is 18.5. The number of halogens is 3. The molecule has 30 heavy (non-hydrogen) atoms. The lowest BCUT2D eigenvalue weighted by Gasteiger charge is -2.11. The molecule has 2 aromatic heterocycles. The second-order valence-electron chi connectivity index (χ2n) is 7.43. The van der Waals surface area contributed by atoms with E-state index in [0.29, 0.717) is 26.7 Å². The maximum atomic E-state index is 6.53. The fourth-order valence-electron chi connectivity index (χ4n) is 3.93. The summed E-state index contributed by atoms with van der Waals surface area (Å²) in [5.74, 6) is 1.53. The van der Waals surface area contributed by atoms with Gasteiger partial charge in [-0.1, -0.05) is 46.9 Å². The molecule has 0 saturated heterocycles. The molecule has 0 fully saturated rings. The molecule has 4 nitrogen and oxygen atoms in total. The van der Waals surface area contributed by atoms with E-state index in [9.17, 15) is 0 Å². The number of aryl methyl sites for hydroxylation is 2. The molecule has 0 radical (unpaired) electrons. The van der Waals surface area contributed by atoms with Crippen LogP contribution in [0.1, 0.15) is 29.9 Å². The zero-order valence-electron chi connectivity index (χ0n) is 16.3. The van der Waals surface area contributed by atoms with Crippen molar-refractivity contribution >= 4 is 34.8 Å². The van der Waals surface area contributed by atoms with Gasteiger partial charge in [0, 0.05) is 27.6 Å². The summed E-state index contributed by atoms with van der Waals surface area (Å²) in [7, 11) is 0. The van der Waals surface area contributed by atoms with Crippen molar-refractivity contribution in [3.8, 4) is 28.5 Å². The van der Waals surface area contributed by atoms with Crippen molar-refractivity contribution in [3.05, 3.63) is 74.6 Å². The Morgan fingerprint density at radius 3 is 2.40 bits per heavy atom. The Balaban J connectivity index is 1.73. The highest BCUT2D eigenvalue weighted by Gasteiger charge is 2.25. The van der Waals surface area contributed by atoms with Crippen molar-refractivity contribution in [2.24, 2.45) is 0 Å². The van der Waals surface area contributed by atoms with Crippen LogP contribution in [0.2, 0.25) is 15.1 Å². The van der Waals surface area contributed by atoms with E-state index >= 15 is 0 Å². The number of rotatable bonds is 3. The summed E-state index contributed by atoms with van der Waals surface area (Å²) < 4.78 is 7.95. The standard InChI is InChI=1S/C23H18Cl3N3O/c1-13-21(23-27-18-4-2-3-5-20(18)30-23)28-29(19-11-10-16(25)12-17(19)26)22(13)14-6-8-15(24)9-7-14/h6-12H,2-5H2,1H3. The summed E-state index contributed by atoms with van der Waals surface area (Å²) in [6.45, 7) is 2.02. The summed E-state index contributed by atoms with van der Waals surface area (Å²) in [4.78, 5) is 4.76. The molecule has 2 aromatic carbocycles. The van der Waals surface area contributed by atoms with Gasteiger partial charge in [-0.3, -0.25) is 0 Å². The Morgan fingerprint density at radius 2 is 1.67 bits per heavy atom. The summed E-state index contributed by atoms with van der Waals surface area (Å²) in [5, 5.41) is 6.64. The number of fused-ring (bicyclic) bond motifs is 1. The highest BCUT2D eigenvalue weighted by molar-refractivity contribution is 6.35. The van der Waals surface area contributed by atoms with Crippen molar-refractivity contribution in [1.29, 1.82) is 0 Å². The molecule has 0 atom stereocenters. The third-order valence-corrected chi connectivity index (χ3v) is 6.22. The van der Waals surface area contributed by atoms with Crippen LogP contribution in [-0.2, 0) is 12.8 Å². The van der Waals surface area contributed by atoms with Crippen LogP contribution in [0.25, 0.3) is 28.5 Å². The summed E-state index contributed by atoms with van der Waals surface area (Å²) in [6.07, 6.45) is 4.15. The Kier molecular flexibility index (Phi) is 5.10. The summed E-state index contributed by atoms with van der Waals surface area (Å²) in [5.41, 5.74) is 5.32. The minimum Gasteiger partial charge on any atom is -0.440 e. The summed E-state index contributed by atoms with van der Waals surface area (Å²) in [6, 6.07) is 13.0. The highest BCUT2D eigenvalue weighted by atomic mass is 35.5. The predicted octanol–water partition coefficient (Wildman–Crippen LogP) is 7.34. The van der Waals surface area contributed by atoms with Gasteiger partial charge in [-0.15, -0.1) is 0 Å². The average molecular weight is 459 g/mol. The lowest BCUT2D eigenvalue weighted by molar-refractivity contribution is 0.485. The van der Waals surface area contributed by atoms with Gasteiger partial charge < -0.3 is 4.42 Å². The molecule has 5 rings (SSSR count). The third-order valence-electron chi connectivity index (χ3n) is 5.43. The van der Waals surface area contributed by atoms with E-state index in [1.165, 1.54) is 0 Å². The topological polar surface area (TPSA) is 43.9 Å². The van der Waals surface area contributed by atoms with E-state index < -0.39 is 0 Å². The molecule has 0 spiro atoms. The highest BCUT2D eigenvalue weighted by Crippen LogP contribution is 2.37. The van der Waals surface area contributed by atoms with Crippen LogP contribution in [0.4, 0.5) is 0 Å². The molecular formula is C23H18Cl3N3O. The van der Waals surface area contributed by atoms with Crippen molar-refractivity contribution in [2.75, 3.05) is 0 Å².